The van der Waals surface area contributed by atoms with Crippen molar-refractivity contribution in [3.8, 4) is 0 Å². The molecule has 140 valence electrons. The monoisotopic (exact) mass is 382 g/mol. The van der Waals surface area contributed by atoms with Crippen molar-refractivity contribution >= 4 is 21.5 Å². The van der Waals surface area contributed by atoms with Gasteiger partial charge in [0.25, 0.3) is 0 Å². The van der Waals surface area contributed by atoms with Crippen LogP contribution in [0.5, 0.6) is 0 Å². The van der Waals surface area contributed by atoms with Gasteiger partial charge in [-0.1, -0.05) is 61.2 Å². The number of carbonyl (C=O) groups excluding carboxylic acids is 1. The van der Waals surface area contributed by atoms with E-state index in [2.05, 4.69) is 11.9 Å². The molecular formula is C21H22N2O3S. The molecule has 3 rings (SSSR count). The quantitative estimate of drug-likeness (QED) is 0.809. The first kappa shape index (κ1) is 19.1. The summed E-state index contributed by atoms with van der Waals surface area (Å²) in [6.45, 7) is 5.71. The molecular weight excluding hydrogens is 360 g/mol. The zero-order valence-corrected chi connectivity index (χ0v) is 15.9. The van der Waals surface area contributed by atoms with Crippen LogP contribution in [0.25, 0.3) is 5.57 Å². The van der Waals surface area contributed by atoms with Crippen LogP contribution >= 0.6 is 0 Å². The number of rotatable bonds is 5. The molecule has 1 amide bonds. The highest BCUT2D eigenvalue weighted by Crippen LogP contribution is 2.26. The normalized spacial score (nSPS) is 17.8. The van der Waals surface area contributed by atoms with E-state index < -0.39 is 16.1 Å². The summed E-state index contributed by atoms with van der Waals surface area (Å²) in [4.78, 5) is 12.5. The maximum Gasteiger partial charge on any atom is 0.246 e. The Balaban J connectivity index is 1.95. The molecule has 0 saturated carbocycles. The third-order valence-electron chi connectivity index (χ3n) is 4.46. The molecule has 0 radical (unpaired) electrons. The maximum atomic E-state index is 13.0. The van der Waals surface area contributed by atoms with E-state index in [9.17, 15) is 13.2 Å². The molecule has 0 aromatic heterocycles. The third kappa shape index (κ3) is 4.18. The van der Waals surface area contributed by atoms with Gasteiger partial charge in [-0.05, 0) is 30.2 Å². The molecule has 1 unspecified atom stereocenters. The van der Waals surface area contributed by atoms with E-state index in [0.717, 1.165) is 11.1 Å². The number of benzene rings is 2. The summed E-state index contributed by atoms with van der Waals surface area (Å²) in [5.41, 5.74) is 2.25. The first-order valence-electron chi connectivity index (χ1n) is 8.66. The van der Waals surface area contributed by atoms with E-state index in [0.29, 0.717) is 5.57 Å². The van der Waals surface area contributed by atoms with Gasteiger partial charge in [-0.25, -0.2) is 8.42 Å². The van der Waals surface area contributed by atoms with E-state index in [-0.39, 0.29) is 23.9 Å². The van der Waals surface area contributed by atoms with Crippen LogP contribution in [0.2, 0.25) is 0 Å². The van der Waals surface area contributed by atoms with Crippen LogP contribution in [-0.2, 0) is 14.8 Å². The molecule has 2 aromatic rings. The Hall–Kier alpha value is -2.70. The Morgan fingerprint density at radius 3 is 2.26 bits per heavy atom. The first-order chi connectivity index (χ1) is 12.9. The van der Waals surface area contributed by atoms with E-state index in [1.165, 1.54) is 4.31 Å². The van der Waals surface area contributed by atoms with Gasteiger partial charge < -0.3 is 5.32 Å². The molecule has 5 nitrogen and oxygen atoms in total. The largest absolute Gasteiger partial charge is 0.344 e. The predicted octanol–water partition coefficient (Wildman–Crippen LogP) is 2.84. The minimum atomic E-state index is -3.64. The average Bonchev–Trinajstić information content (AvgIpc) is 2.69. The zero-order chi connectivity index (χ0) is 19.4. The van der Waals surface area contributed by atoms with Crippen molar-refractivity contribution in [2.75, 3.05) is 13.1 Å². The molecule has 6 heteroatoms. The average molecular weight is 382 g/mol. The number of carbonyl (C=O) groups is 1. The molecule has 2 aromatic carbocycles. The van der Waals surface area contributed by atoms with Gasteiger partial charge in [-0.3, -0.25) is 4.79 Å². The Kier molecular flexibility index (Phi) is 5.58. The molecule has 0 aliphatic carbocycles. The summed E-state index contributed by atoms with van der Waals surface area (Å²) in [5.74, 6) is -0.291. The first-order valence-corrected chi connectivity index (χ1v) is 10.1. The van der Waals surface area contributed by atoms with E-state index in [4.69, 9.17) is 0 Å². The van der Waals surface area contributed by atoms with Crippen LogP contribution in [0.1, 0.15) is 12.5 Å². The number of amides is 1. The fourth-order valence-corrected chi connectivity index (χ4v) is 4.43. The lowest BCUT2D eigenvalue weighted by Crippen LogP contribution is -2.49. The summed E-state index contributed by atoms with van der Waals surface area (Å²) in [5, 5.41) is 2.91. The topological polar surface area (TPSA) is 66.5 Å². The molecule has 27 heavy (non-hydrogen) atoms. The summed E-state index contributed by atoms with van der Waals surface area (Å²) < 4.78 is 27.3. The molecule has 1 N–H and O–H groups in total. The minimum Gasteiger partial charge on any atom is -0.344 e. The van der Waals surface area contributed by atoms with Crippen LogP contribution in [0.15, 0.2) is 83.8 Å². The van der Waals surface area contributed by atoms with E-state index in [1.807, 2.05) is 36.4 Å². The van der Waals surface area contributed by atoms with Crippen molar-refractivity contribution in [1.82, 2.24) is 9.62 Å². The van der Waals surface area contributed by atoms with Crippen molar-refractivity contribution < 1.29 is 13.2 Å². The van der Waals surface area contributed by atoms with Gasteiger partial charge in [0.15, 0.2) is 0 Å². The zero-order valence-electron chi connectivity index (χ0n) is 15.1. The molecule has 1 aliphatic rings. The molecule has 0 bridgehead atoms. The standard InChI is InChI=1S/C21H22N2O3S/c1-16(2)21(24)22-20-15-23(27(25,26)18-11-7-4-8-12-18)14-13-19(20)17-9-5-3-6-10-17/h3-13,20H,1,14-15H2,2H3,(H,22,24). The number of nitrogens with zero attached hydrogens (tertiary/aromatic N) is 1. The summed E-state index contributed by atoms with van der Waals surface area (Å²) in [6, 6.07) is 17.5. The molecule has 0 spiro atoms. The van der Waals surface area contributed by atoms with Gasteiger partial charge in [-0.2, -0.15) is 4.31 Å². The Morgan fingerprint density at radius 1 is 1.07 bits per heavy atom. The van der Waals surface area contributed by atoms with Crippen LogP contribution < -0.4 is 5.32 Å². The van der Waals surface area contributed by atoms with E-state index >= 15 is 0 Å². The van der Waals surface area contributed by atoms with Crippen molar-refractivity contribution in [2.45, 2.75) is 17.9 Å². The molecule has 1 atom stereocenters. The summed E-state index contributed by atoms with van der Waals surface area (Å²) in [7, 11) is -3.64. The fraction of sp³-hybridized carbons (Fsp3) is 0.190. The second-order valence-corrected chi connectivity index (χ2v) is 8.40. The van der Waals surface area contributed by atoms with Crippen molar-refractivity contribution in [2.24, 2.45) is 0 Å². The molecule has 1 aliphatic heterocycles. The van der Waals surface area contributed by atoms with Crippen LogP contribution in [0.4, 0.5) is 0 Å². The number of hydrogen-bond donors (Lipinski definition) is 1. The maximum absolute atomic E-state index is 13.0. The van der Waals surface area contributed by atoms with Gasteiger partial charge in [0, 0.05) is 18.7 Å². The number of hydrogen-bond acceptors (Lipinski definition) is 3. The Morgan fingerprint density at radius 2 is 1.67 bits per heavy atom. The van der Waals surface area contributed by atoms with Crippen molar-refractivity contribution in [1.29, 1.82) is 0 Å². The number of sulfonamides is 1. The van der Waals surface area contributed by atoms with Gasteiger partial charge in [0.2, 0.25) is 15.9 Å². The summed E-state index contributed by atoms with van der Waals surface area (Å²) >= 11 is 0. The van der Waals surface area contributed by atoms with Crippen LogP contribution in [0, 0.1) is 0 Å². The highest BCUT2D eigenvalue weighted by atomic mass is 32.2. The lowest BCUT2D eigenvalue weighted by Gasteiger charge is -2.33. The van der Waals surface area contributed by atoms with Crippen molar-refractivity contribution in [3.05, 3.63) is 84.5 Å². The second-order valence-electron chi connectivity index (χ2n) is 6.47. The smallest absolute Gasteiger partial charge is 0.246 e. The third-order valence-corrected chi connectivity index (χ3v) is 6.30. The highest BCUT2D eigenvalue weighted by molar-refractivity contribution is 7.89. The summed E-state index contributed by atoms with van der Waals surface area (Å²) in [6.07, 6.45) is 1.86. The Bertz CT molecular complexity index is 967. The molecule has 0 fully saturated rings. The van der Waals surface area contributed by atoms with Gasteiger partial charge in [0.1, 0.15) is 0 Å². The van der Waals surface area contributed by atoms with Crippen molar-refractivity contribution in [3.63, 3.8) is 0 Å². The lowest BCUT2D eigenvalue weighted by molar-refractivity contribution is -0.117. The van der Waals surface area contributed by atoms with Gasteiger partial charge in [0.05, 0.1) is 10.9 Å². The second kappa shape index (κ2) is 7.90. The fourth-order valence-electron chi connectivity index (χ4n) is 3.01. The Labute approximate surface area is 160 Å². The predicted molar refractivity (Wildman–Crippen MR) is 106 cm³/mol. The number of nitrogens with one attached hydrogen (secondary N) is 1. The lowest BCUT2D eigenvalue weighted by atomic mass is 9.95. The van der Waals surface area contributed by atoms with E-state index in [1.54, 1.807) is 37.3 Å². The minimum absolute atomic E-state index is 0.164. The van der Waals surface area contributed by atoms with Gasteiger partial charge in [-0.15, -0.1) is 0 Å². The molecule has 1 heterocycles. The van der Waals surface area contributed by atoms with Gasteiger partial charge >= 0.3 is 0 Å². The van der Waals surface area contributed by atoms with Crippen LogP contribution in [-0.4, -0.2) is 37.8 Å². The highest BCUT2D eigenvalue weighted by Gasteiger charge is 2.32. The SMILES string of the molecule is C=C(C)C(=O)NC1CN(S(=O)(=O)c2ccccc2)CC=C1c1ccccc1. The molecule has 0 saturated heterocycles. The van der Waals surface area contributed by atoms with Crippen LogP contribution in [0.3, 0.4) is 0 Å².